The smallest absolute Gasteiger partial charge is 0.335 e. The third kappa shape index (κ3) is 3.26. The van der Waals surface area contributed by atoms with Gasteiger partial charge in [0.05, 0.1) is 18.3 Å². The van der Waals surface area contributed by atoms with Gasteiger partial charge in [0.2, 0.25) is 0 Å². The van der Waals surface area contributed by atoms with Crippen molar-refractivity contribution in [3.05, 3.63) is 54.2 Å². The third-order valence-electron chi connectivity index (χ3n) is 3.36. The molecule has 0 unspecified atom stereocenters. The standard InChI is InChI=1S/C15H15N7O2/c16-15(17,8-21-10-3-1-9(2-4-10)13(23)24)14-20-7-11-12(22-14)19-6-5-18-11/h1-7,21H,8,16-17H2,(H,23,24). The van der Waals surface area contributed by atoms with Gasteiger partial charge in [0.25, 0.3) is 0 Å². The van der Waals surface area contributed by atoms with E-state index in [1.165, 1.54) is 24.5 Å². The van der Waals surface area contributed by atoms with Crippen LogP contribution in [0.2, 0.25) is 0 Å². The number of anilines is 1. The van der Waals surface area contributed by atoms with Gasteiger partial charge in [0.15, 0.2) is 11.5 Å². The van der Waals surface area contributed by atoms with Crippen LogP contribution >= 0.6 is 0 Å². The van der Waals surface area contributed by atoms with Gasteiger partial charge in [-0.25, -0.2) is 24.7 Å². The van der Waals surface area contributed by atoms with Crippen LogP contribution in [0.25, 0.3) is 11.2 Å². The fourth-order valence-corrected chi connectivity index (χ4v) is 2.05. The fourth-order valence-electron chi connectivity index (χ4n) is 2.05. The fraction of sp³-hybridized carbons (Fsp3) is 0.133. The molecule has 0 amide bonds. The summed E-state index contributed by atoms with van der Waals surface area (Å²) >= 11 is 0. The first-order valence-electron chi connectivity index (χ1n) is 7.05. The summed E-state index contributed by atoms with van der Waals surface area (Å²) in [5.74, 6) is -0.760. The molecule has 0 aliphatic heterocycles. The summed E-state index contributed by atoms with van der Waals surface area (Å²) in [5.41, 5.74) is 12.7. The summed E-state index contributed by atoms with van der Waals surface area (Å²) in [6, 6.07) is 6.24. The van der Waals surface area contributed by atoms with Crippen molar-refractivity contribution in [2.45, 2.75) is 5.66 Å². The van der Waals surface area contributed by atoms with E-state index < -0.39 is 11.6 Å². The Balaban J connectivity index is 1.75. The highest BCUT2D eigenvalue weighted by atomic mass is 16.4. The molecule has 122 valence electrons. The number of hydrogen-bond acceptors (Lipinski definition) is 8. The van der Waals surface area contributed by atoms with Crippen LogP contribution in [0.5, 0.6) is 0 Å². The van der Waals surface area contributed by atoms with E-state index in [1.54, 1.807) is 18.3 Å². The molecule has 24 heavy (non-hydrogen) atoms. The Labute approximate surface area is 136 Å². The van der Waals surface area contributed by atoms with Gasteiger partial charge in [0, 0.05) is 18.1 Å². The highest BCUT2D eigenvalue weighted by Crippen LogP contribution is 2.14. The van der Waals surface area contributed by atoms with E-state index in [0.717, 1.165) is 0 Å². The highest BCUT2D eigenvalue weighted by molar-refractivity contribution is 5.88. The number of aromatic carboxylic acids is 1. The molecule has 0 aliphatic rings. The lowest BCUT2D eigenvalue weighted by atomic mass is 10.1. The number of benzene rings is 1. The molecule has 2 aromatic heterocycles. The third-order valence-corrected chi connectivity index (χ3v) is 3.36. The molecule has 0 aliphatic carbocycles. The minimum Gasteiger partial charge on any atom is -0.478 e. The highest BCUT2D eigenvalue weighted by Gasteiger charge is 2.26. The van der Waals surface area contributed by atoms with E-state index in [9.17, 15) is 4.79 Å². The molecule has 0 fully saturated rings. The van der Waals surface area contributed by atoms with Gasteiger partial charge >= 0.3 is 5.97 Å². The molecule has 0 bridgehead atoms. The second kappa shape index (κ2) is 6.14. The quantitative estimate of drug-likeness (QED) is 0.485. The van der Waals surface area contributed by atoms with Crippen molar-refractivity contribution >= 4 is 22.8 Å². The topological polar surface area (TPSA) is 153 Å². The number of hydrogen-bond donors (Lipinski definition) is 4. The Bertz CT molecular complexity index is 880. The van der Waals surface area contributed by atoms with E-state index in [2.05, 4.69) is 25.3 Å². The van der Waals surface area contributed by atoms with Crippen molar-refractivity contribution < 1.29 is 9.90 Å². The number of carboxylic acids is 1. The van der Waals surface area contributed by atoms with Crippen LogP contribution in [0.4, 0.5) is 5.69 Å². The Morgan fingerprint density at radius 1 is 1.12 bits per heavy atom. The first-order valence-corrected chi connectivity index (χ1v) is 7.05. The largest absolute Gasteiger partial charge is 0.478 e. The molecule has 0 radical (unpaired) electrons. The summed E-state index contributed by atoms with van der Waals surface area (Å²) in [6.45, 7) is 0.144. The molecule has 0 saturated carbocycles. The van der Waals surface area contributed by atoms with E-state index >= 15 is 0 Å². The zero-order valence-electron chi connectivity index (χ0n) is 12.5. The second-order valence-electron chi connectivity index (χ2n) is 5.24. The molecule has 3 aromatic rings. The maximum Gasteiger partial charge on any atom is 0.335 e. The molecule has 1 aromatic carbocycles. The number of carboxylic acid groups (broad SMARTS) is 1. The Morgan fingerprint density at radius 3 is 2.54 bits per heavy atom. The SMILES string of the molecule is NC(N)(CNc1ccc(C(=O)O)cc1)c1ncc2nccnc2n1. The summed E-state index contributed by atoms with van der Waals surface area (Å²) in [6.07, 6.45) is 4.59. The van der Waals surface area contributed by atoms with Crippen LogP contribution in [-0.2, 0) is 5.66 Å². The van der Waals surface area contributed by atoms with Crippen LogP contribution < -0.4 is 16.8 Å². The zero-order chi connectivity index (χ0) is 17.2. The lowest BCUT2D eigenvalue weighted by Crippen LogP contribution is -2.52. The molecule has 6 N–H and O–H groups in total. The number of carbonyl (C=O) groups is 1. The van der Waals surface area contributed by atoms with E-state index in [4.69, 9.17) is 16.6 Å². The summed E-state index contributed by atoms with van der Waals surface area (Å²) in [5, 5.41) is 11.9. The van der Waals surface area contributed by atoms with Crippen molar-refractivity contribution in [3.8, 4) is 0 Å². The molecule has 3 rings (SSSR count). The Kier molecular flexibility index (Phi) is 4.02. The van der Waals surface area contributed by atoms with Gasteiger partial charge < -0.3 is 21.9 Å². The van der Waals surface area contributed by atoms with Gasteiger partial charge in [-0.3, -0.25) is 0 Å². The van der Waals surface area contributed by atoms with Crippen molar-refractivity contribution in [1.82, 2.24) is 19.9 Å². The predicted molar refractivity (Wildman–Crippen MR) is 87.1 cm³/mol. The maximum absolute atomic E-state index is 10.8. The Morgan fingerprint density at radius 2 is 1.83 bits per heavy atom. The van der Waals surface area contributed by atoms with E-state index in [0.29, 0.717) is 16.9 Å². The van der Waals surface area contributed by atoms with Crippen LogP contribution in [-0.4, -0.2) is 37.6 Å². The maximum atomic E-state index is 10.8. The molecule has 0 saturated heterocycles. The number of rotatable bonds is 5. The predicted octanol–water partition coefficient (Wildman–Crippen LogP) is 0.300. The molecule has 2 heterocycles. The lowest BCUT2D eigenvalue weighted by molar-refractivity contribution is 0.0697. The van der Waals surface area contributed by atoms with Crippen LogP contribution in [0.3, 0.4) is 0 Å². The number of fused-ring (bicyclic) bond motifs is 1. The minimum atomic E-state index is -1.34. The molecular formula is C15H15N7O2. The van der Waals surface area contributed by atoms with Crippen molar-refractivity contribution in [2.24, 2.45) is 11.5 Å². The van der Waals surface area contributed by atoms with Gasteiger partial charge in [-0.05, 0) is 24.3 Å². The number of aromatic nitrogens is 4. The first-order chi connectivity index (χ1) is 11.5. The van der Waals surface area contributed by atoms with Gasteiger partial charge in [-0.15, -0.1) is 0 Å². The Hall–Kier alpha value is -3.17. The van der Waals surface area contributed by atoms with Gasteiger partial charge in [-0.1, -0.05) is 0 Å². The van der Waals surface area contributed by atoms with E-state index in [-0.39, 0.29) is 17.9 Å². The molecule has 9 heteroatoms. The number of nitrogens with zero attached hydrogens (tertiary/aromatic N) is 4. The molecule has 0 spiro atoms. The zero-order valence-corrected chi connectivity index (χ0v) is 12.5. The summed E-state index contributed by atoms with van der Waals surface area (Å²) in [7, 11) is 0. The van der Waals surface area contributed by atoms with Crippen molar-refractivity contribution in [2.75, 3.05) is 11.9 Å². The average Bonchev–Trinajstić information content (AvgIpc) is 2.60. The van der Waals surface area contributed by atoms with Gasteiger partial charge in [0.1, 0.15) is 11.2 Å². The van der Waals surface area contributed by atoms with Crippen molar-refractivity contribution in [1.29, 1.82) is 0 Å². The van der Waals surface area contributed by atoms with E-state index in [1.807, 2.05) is 0 Å². The lowest BCUT2D eigenvalue weighted by Gasteiger charge is -2.23. The summed E-state index contributed by atoms with van der Waals surface area (Å²) in [4.78, 5) is 27.4. The minimum absolute atomic E-state index is 0.144. The van der Waals surface area contributed by atoms with Crippen LogP contribution in [0, 0.1) is 0 Å². The molecular weight excluding hydrogens is 310 g/mol. The molecule has 0 atom stereocenters. The second-order valence-corrected chi connectivity index (χ2v) is 5.24. The summed E-state index contributed by atoms with van der Waals surface area (Å²) < 4.78 is 0. The van der Waals surface area contributed by atoms with Crippen LogP contribution in [0.1, 0.15) is 16.2 Å². The average molecular weight is 325 g/mol. The van der Waals surface area contributed by atoms with Crippen molar-refractivity contribution in [3.63, 3.8) is 0 Å². The number of nitrogens with one attached hydrogen (secondary N) is 1. The molecule has 9 nitrogen and oxygen atoms in total. The first kappa shape index (κ1) is 15.7. The monoisotopic (exact) mass is 325 g/mol. The number of nitrogens with two attached hydrogens (primary N) is 2. The van der Waals surface area contributed by atoms with Gasteiger partial charge in [-0.2, -0.15) is 0 Å². The normalized spacial score (nSPS) is 11.4. The van der Waals surface area contributed by atoms with Crippen LogP contribution in [0.15, 0.2) is 42.9 Å².